The zero-order valence-electron chi connectivity index (χ0n) is 6.04. The summed E-state index contributed by atoms with van der Waals surface area (Å²) in [6, 6.07) is 3.80. The molecule has 0 saturated heterocycles. The number of nitrogens with zero attached hydrogens (tertiary/aromatic N) is 2. The molecule has 0 heterocycles. The highest BCUT2D eigenvalue weighted by Crippen LogP contribution is 2.00. The number of rotatable bonds is 3. The number of hydrogen-bond donors (Lipinski definition) is 0. The average Bonchev–Trinajstić information content (AvgIpc) is 1.99. The molecule has 2 nitrogen and oxygen atoms in total. The van der Waals surface area contributed by atoms with Crippen LogP contribution in [0.5, 0.6) is 0 Å². The maximum Gasteiger partial charge on any atom is 0.136 e. The Morgan fingerprint density at radius 3 is 2.30 bits per heavy atom. The molecule has 0 rings (SSSR count). The summed E-state index contributed by atoms with van der Waals surface area (Å²) in [4.78, 5) is 0. The lowest BCUT2D eigenvalue weighted by atomic mass is 10.1. The monoisotopic (exact) mass is 134 g/mol. The summed E-state index contributed by atoms with van der Waals surface area (Å²) < 4.78 is 0. The molecule has 0 aromatic rings. The van der Waals surface area contributed by atoms with Crippen molar-refractivity contribution in [2.75, 3.05) is 0 Å². The molecular weight excluding hydrogens is 124 g/mol. The van der Waals surface area contributed by atoms with Gasteiger partial charge in [0, 0.05) is 0 Å². The second-order valence-corrected chi connectivity index (χ2v) is 1.93. The first kappa shape index (κ1) is 8.72. The van der Waals surface area contributed by atoms with E-state index in [1.807, 2.05) is 31.2 Å². The van der Waals surface area contributed by atoms with E-state index in [1.165, 1.54) is 0 Å². The SMILES string of the molecule is CC/C=C/CC(C#N)C#N. The van der Waals surface area contributed by atoms with Crippen molar-refractivity contribution in [2.45, 2.75) is 19.8 Å². The number of hydrogen-bond acceptors (Lipinski definition) is 2. The predicted octanol–water partition coefficient (Wildman–Crippen LogP) is 2.01. The Morgan fingerprint density at radius 1 is 1.30 bits per heavy atom. The minimum absolute atomic E-state index is 0.470. The van der Waals surface area contributed by atoms with Gasteiger partial charge in [0.15, 0.2) is 0 Å². The van der Waals surface area contributed by atoms with E-state index < -0.39 is 5.92 Å². The van der Waals surface area contributed by atoms with Crippen LogP contribution in [0.15, 0.2) is 12.2 Å². The summed E-state index contributed by atoms with van der Waals surface area (Å²) in [5, 5.41) is 16.6. The van der Waals surface area contributed by atoms with Gasteiger partial charge in [-0.15, -0.1) is 0 Å². The third-order valence-corrected chi connectivity index (χ3v) is 1.09. The standard InChI is InChI=1S/C8H10N2/c1-2-3-4-5-8(6-9)7-10/h3-4,8H,2,5H2,1H3/b4-3+. The molecule has 0 bridgehead atoms. The van der Waals surface area contributed by atoms with E-state index in [0.29, 0.717) is 6.42 Å². The van der Waals surface area contributed by atoms with Gasteiger partial charge in [0.05, 0.1) is 12.1 Å². The van der Waals surface area contributed by atoms with Crippen LogP contribution in [-0.2, 0) is 0 Å². The summed E-state index contributed by atoms with van der Waals surface area (Å²) in [6.45, 7) is 2.02. The molecule has 0 N–H and O–H groups in total. The van der Waals surface area contributed by atoms with Crippen molar-refractivity contribution in [3.8, 4) is 12.1 Å². The Labute approximate surface area is 61.4 Å². The molecule has 0 aliphatic carbocycles. The van der Waals surface area contributed by atoms with Crippen LogP contribution in [0, 0.1) is 28.6 Å². The van der Waals surface area contributed by atoms with Crippen molar-refractivity contribution >= 4 is 0 Å². The molecule has 2 heteroatoms. The lowest BCUT2D eigenvalue weighted by molar-refractivity contribution is 0.859. The lowest BCUT2D eigenvalue weighted by Crippen LogP contribution is -1.88. The maximum absolute atomic E-state index is 8.32. The van der Waals surface area contributed by atoms with Crippen molar-refractivity contribution in [3.05, 3.63) is 12.2 Å². The summed E-state index contributed by atoms with van der Waals surface area (Å²) >= 11 is 0. The van der Waals surface area contributed by atoms with Crippen molar-refractivity contribution in [1.82, 2.24) is 0 Å². The number of nitriles is 2. The second kappa shape index (κ2) is 5.85. The van der Waals surface area contributed by atoms with Crippen LogP contribution < -0.4 is 0 Å². The van der Waals surface area contributed by atoms with Crippen LogP contribution in [0.25, 0.3) is 0 Å². The first-order valence-corrected chi connectivity index (χ1v) is 3.29. The van der Waals surface area contributed by atoms with Gasteiger partial charge in [0.2, 0.25) is 0 Å². The van der Waals surface area contributed by atoms with E-state index >= 15 is 0 Å². The molecular formula is C8H10N2. The Hall–Kier alpha value is -1.28. The first-order valence-electron chi connectivity index (χ1n) is 3.29. The molecule has 0 fully saturated rings. The fraction of sp³-hybridized carbons (Fsp3) is 0.500. The van der Waals surface area contributed by atoms with Crippen molar-refractivity contribution in [1.29, 1.82) is 10.5 Å². The van der Waals surface area contributed by atoms with E-state index in [2.05, 4.69) is 0 Å². The fourth-order valence-corrected chi connectivity index (χ4v) is 0.533. The molecule has 0 radical (unpaired) electrons. The van der Waals surface area contributed by atoms with Crippen LogP contribution in [0.3, 0.4) is 0 Å². The molecule has 0 amide bonds. The van der Waals surface area contributed by atoms with Crippen molar-refractivity contribution in [2.24, 2.45) is 5.92 Å². The Bertz CT molecular complexity index is 166. The highest BCUT2D eigenvalue weighted by molar-refractivity contribution is 5.02. The highest BCUT2D eigenvalue weighted by Gasteiger charge is 1.99. The summed E-state index contributed by atoms with van der Waals surface area (Å²) in [7, 11) is 0. The normalized spacial score (nSPS) is 9.60. The highest BCUT2D eigenvalue weighted by atomic mass is 14.3. The van der Waals surface area contributed by atoms with E-state index in [9.17, 15) is 0 Å². The van der Waals surface area contributed by atoms with Gasteiger partial charge in [-0.1, -0.05) is 19.1 Å². The first-order chi connectivity index (χ1) is 4.85. The maximum atomic E-state index is 8.32. The summed E-state index contributed by atoms with van der Waals surface area (Å²) in [6.07, 6.45) is 5.35. The largest absolute Gasteiger partial charge is 0.197 e. The van der Waals surface area contributed by atoms with E-state index in [4.69, 9.17) is 10.5 Å². The van der Waals surface area contributed by atoms with Crippen LogP contribution in [-0.4, -0.2) is 0 Å². The third-order valence-electron chi connectivity index (χ3n) is 1.09. The Kier molecular flexibility index (Phi) is 5.10. The Balaban J connectivity index is 3.60. The molecule has 0 aliphatic heterocycles. The molecule has 0 unspecified atom stereocenters. The van der Waals surface area contributed by atoms with Crippen LogP contribution in [0.4, 0.5) is 0 Å². The molecule has 0 saturated carbocycles. The quantitative estimate of drug-likeness (QED) is 0.554. The molecule has 0 spiro atoms. The zero-order chi connectivity index (χ0) is 7.82. The minimum atomic E-state index is -0.470. The fourth-order valence-electron chi connectivity index (χ4n) is 0.533. The topological polar surface area (TPSA) is 47.6 Å². The molecule has 0 aromatic carbocycles. The molecule has 0 aromatic heterocycles. The average molecular weight is 134 g/mol. The lowest BCUT2D eigenvalue weighted by Gasteiger charge is -1.89. The number of allylic oxidation sites excluding steroid dienone is 2. The van der Waals surface area contributed by atoms with Gasteiger partial charge in [-0.05, 0) is 12.8 Å². The van der Waals surface area contributed by atoms with E-state index in [0.717, 1.165) is 6.42 Å². The molecule has 0 atom stereocenters. The smallest absolute Gasteiger partial charge is 0.136 e. The van der Waals surface area contributed by atoms with Gasteiger partial charge in [-0.3, -0.25) is 0 Å². The van der Waals surface area contributed by atoms with Gasteiger partial charge >= 0.3 is 0 Å². The second-order valence-electron chi connectivity index (χ2n) is 1.93. The third kappa shape index (κ3) is 3.69. The molecule has 0 aliphatic rings. The van der Waals surface area contributed by atoms with Gasteiger partial charge in [-0.2, -0.15) is 10.5 Å². The van der Waals surface area contributed by atoms with Crippen LogP contribution in [0.2, 0.25) is 0 Å². The van der Waals surface area contributed by atoms with Gasteiger partial charge < -0.3 is 0 Å². The van der Waals surface area contributed by atoms with E-state index in [-0.39, 0.29) is 0 Å². The van der Waals surface area contributed by atoms with Gasteiger partial charge in [0.1, 0.15) is 5.92 Å². The van der Waals surface area contributed by atoms with Crippen LogP contribution in [0.1, 0.15) is 19.8 Å². The van der Waals surface area contributed by atoms with Crippen molar-refractivity contribution in [3.63, 3.8) is 0 Å². The van der Waals surface area contributed by atoms with Crippen molar-refractivity contribution < 1.29 is 0 Å². The molecule has 52 valence electrons. The zero-order valence-corrected chi connectivity index (χ0v) is 6.04. The van der Waals surface area contributed by atoms with Gasteiger partial charge in [-0.25, -0.2) is 0 Å². The summed E-state index contributed by atoms with van der Waals surface area (Å²) in [5.41, 5.74) is 0. The summed E-state index contributed by atoms with van der Waals surface area (Å²) in [5.74, 6) is -0.470. The Morgan fingerprint density at radius 2 is 1.90 bits per heavy atom. The van der Waals surface area contributed by atoms with Gasteiger partial charge in [0.25, 0.3) is 0 Å². The predicted molar refractivity (Wildman–Crippen MR) is 38.8 cm³/mol. The minimum Gasteiger partial charge on any atom is -0.197 e. The van der Waals surface area contributed by atoms with Crippen LogP contribution >= 0.6 is 0 Å². The van der Waals surface area contributed by atoms with E-state index in [1.54, 1.807) is 0 Å². The molecule has 10 heavy (non-hydrogen) atoms.